The number of nitrogens with zero attached hydrogens (tertiary/aromatic N) is 2. The van der Waals surface area contributed by atoms with E-state index in [1.54, 1.807) is 6.26 Å². The van der Waals surface area contributed by atoms with Crippen LogP contribution in [0.1, 0.15) is 61.9 Å². The molecule has 0 aliphatic carbocycles. The highest BCUT2D eigenvalue weighted by molar-refractivity contribution is 7.14. The normalized spacial score (nSPS) is 12.7. The lowest BCUT2D eigenvalue weighted by Gasteiger charge is -2.17. The van der Waals surface area contributed by atoms with Crippen LogP contribution in [-0.2, 0) is 0 Å². The van der Waals surface area contributed by atoms with Gasteiger partial charge in [0.15, 0.2) is 10.9 Å². The molecular weight excluding hydrogens is 420 g/mol. The van der Waals surface area contributed by atoms with Crippen LogP contribution >= 0.6 is 11.3 Å². The number of nitrogens with one attached hydrogen (secondary N) is 1. The zero-order valence-corrected chi connectivity index (χ0v) is 19.9. The lowest BCUT2D eigenvalue weighted by molar-refractivity contribution is 0.102. The summed E-state index contributed by atoms with van der Waals surface area (Å²) in [6.07, 6.45) is 6.81. The summed E-state index contributed by atoms with van der Waals surface area (Å²) in [7, 11) is 0. The monoisotopic (exact) mass is 452 g/mol. The van der Waals surface area contributed by atoms with Crippen LogP contribution in [0, 0.1) is 12.8 Å². The summed E-state index contributed by atoms with van der Waals surface area (Å²) in [6, 6.07) is 9.30. The molecule has 0 aliphatic rings. The fourth-order valence-corrected chi connectivity index (χ4v) is 4.36. The van der Waals surface area contributed by atoms with Gasteiger partial charge in [0.25, 0.3) is 5.91 Å². The van der Waals surface area contributed by atoms with Crippen molar-refractivity contribution in [3.05, 3.63) is 53.1 Å². The maximum atomic E-state index is 12.9. The molecule has 0 bridgehead atoms. The molecule has 0 aliphatic heterocycles. The van der Waals surface area contributed by atoms with Crippen LogP contribution in [0.2, 0.25) is 0 Å². The number of aromatic nitrogens is 1. The minimum absolute atomic E-state index is 0.199. The van der Waals surface area contributed by atoms with Gasteiger partial charge in [-0.25, -0.2) is 4.98 Å². The van der Waals surface area contributed by atoms with Gasteiger partial charge in [-0.2, -0.15) is 0 Å². The van der Waals surface area contributed by atoms with Crippen molar-refractivity contribution >= 4 is 33.8 Å². The molecule has 3 N–H and O–H groups in total. The van der Waals surface area contributed by atoms with Gasteiger partial charge in [0.05, 0.1) is 12.0 Å². The van der Waals surface area contributed by atoms with Crippen LogP contribution in [0.3, 0.4) is 0 Å². The molecule has 6 nitrogen and oxygen atoms in total. The van der Waals surface area contributed by atoms with Crippen LogP contribution in [-0.4, -0.2) is 23.1 Å². The summed E-state index contributed by atoms with van der Waals surface area (Å²) in [6.45, 7) is 7.11. The lowest BCUT2D eigenvalue weighted by atomic mass is 9.92. The predicted molar refractivity (Wildman–Crippen MR) is 133 cm³/mol. The van der Waals surface area contributed by atoms with Crippen molar-refractivity contribution in [3.63, 3.8) is 0 Å². The third-order valence-corrected chi connectivity index (χ3v) is 6.32. The number of hydrogen-bond acceptors (Lipinski definition) is 6. The smallest absolute Gasteiger partial charge is 0.257 e. The van der Waals surface area contributed by atoms with E-state index in [4.69, 9.17) is 15.1 Å². The number of amides is 1. The molecule has 1 unspecified atom stereocenters. The Morgan fingerprint density at radius 3 is 2.81 bits per heavy atom. The summed E-state index contributed by atoms with van der Waals surface area (Å²) < 4.78 is 5.37. The minimum atomic E-state index is -0.199. The zero-order valence-electron chi connectivity index (χ0n) is 19.1. The van der Waals surface area contributed by atoms with E-state index in [0.29, 0.717) is 28.1 Å². The van der Waals surface area contributed by atoms with E-state index in [0.717, 1.165) is 49.9 Å². The van der Waals surface area contributed by atoms with Gasteiger partial charge in [0.2, 0.25) is 0 Å². The number of carbonyl (C=O) groups excluding carboxylic acids is 1. The van der Waals surface area contributed by atoms with Crippen molar-refractivity contribution in [2.24, 2.45) is 16.6 Å². The van der Waals surface area contributed by atoms with Gasteiger partial charge in [-0.15, -0.1) is 11.3 Å². The Morgan fingerprint density at radius 1 is 1.28 bits per heavy atom. The number of nitrogens with two attached hydrogens (primary N) is 1. The lowest BCUT2D eigenvalue weighted by Crippen LogP contribution is -2.14. The van der Waals surface area contributed by atoms with Gasteiger partial charge < -0.3 is 10.2 Å². The number of hydrogen-bond donors (Lipinski definition) is 2. The maximum Gasteiger partial charge on any atom is 0.257 e. The molecule has 2 heterocycles. The summed E-state index contributed by atoms with van der Waals surface area (Å²) in [5.41, 5.74) is 10.0. The van der Waals surface area contributed by atoms with Gasteiger partial charge in [0.1, 0.15) is 5.69 Å². The van der Waals surface area contributed by atoms with Gasteiger partial charge >= 0.3 is 0 Å². The molecular formula is C25H32N4O2S. The molecule has 0 saturated carbocycles. The van der Waals surface area contributed by atoms with E-state index in [1.165, 1.54) is 17.0 Å². The highest BCUT2D eigenvalue weighted by Crippen LogP contribution is 2.27. The van der Waals surface area contributed by atoms with Crippen molar-refractivity contribution in [1.82, 2.24) is 4.98 Å². The zero-order chi connectivity index (χ0) is 22.9. The number of furan rings is 1. The molecule has 0 saturated heterocycles. The standard InChI is InChI=1S/C25H32N4O2S/c1-4-18(9-6-7-13-26)20(5-2)27-21-15-19(12-11-17(21)3)24(30)29-25-28-22(16-32-25)23-10-8-14-31-23/h8,10-12,14-16,18H,4-7,9,13,26H2,1-3H3,(H,28,29,30). The van der Waals surface area contributed by atoms with Crippen LogP contribution in [0.4, 0.5) is 10.8 Å². The van der Waals surface area contributed by atoms with Crippen LogP contribution < -0.4 is 11.1 Å². The number of benzene rings is 1. The van der Waals surface area contributed by atoms with Gasteiger partial charge in [-0.1, -0.05) is 26.3 Å². The van der Waals surface area contributed by atoms with E-state index >= 15 is 0 Å². The highest BCUT2D eigenvalue weighted by Gasteiger charge is 2.15. The first-order valence-electron chi connectivity index (χ1n) is 11.2. The number of aliphatic imine (C=N–C) groups is 1. The van der Waals surface area contributed by atoms with Crippen molar-refractivity contribution in [2.75, 3.05) is 11.9 Å². The number of anilines is 1. The molecule has 3 aromatic rings. The Labute approximate surface area is 194 Å². The number of carbonyl (C=O) groups is 1. The summed E-state index contributed by atoms with van der Waals surface area (Å²) in [4.78, 5) is 22.3. The Morgan fingerprint density at radius 2 is 2.12 bits per heavy atom. The molecule has 7 heteroatoms. The van der Waals surface area contributed by atoms with Crippen LogP contribution in [0.5, 0.6) is 0 Å². The molecule has 32 heavy (non-hydrogen) atoms. The topological polar surface area (TPSA) is 93.5 Å². The molecule has 0 fully saturated rings. The van der Waals surface area contributed by atoms with E-state index < -0.39 is 0 Å². The van der Waals surface area contributed by atoms with Gasteiger partial charge in [-0.05, 0) is 74.9 Å². The van der Waals surface area contributed by atoms with Crippen molar-refractivity contribution in [3.8, 4) is 11.5 Å². The molecule has 0 radical (unpaired) electrons. The second-order valence-electron chi connectivity index (χ2n) is 7.82. The van der Waals surface area contributed by atoms with Crippen LogP contribution in [0.15, 0.2) is 51.4 Å². The number of thiazole rings is 1. The molecule has 1 amide bonds. The van der Waals surface area contributed by atoms with Gasteiger partial charge in [-0.3, -0.25) is 15.1 Å². The quantitative estimate of drug-likeness (QED) is 0.253. The SMILES string of the molecule is CCC(=Nc1cc(C(=O)Nc2nc(-c3ccco3)cs2)ccc1C)C(CC)CCCCN. The van der Waals surface area contributed by atoms with Crippen LogP contribution in [0.25, 0.3) is 11.5 Å². The maximum absolute atomic E-state index is 12.9. The second kappa shape index (κ2) is 11.7. The average Bonchev–Trinajstić information content (AvgIpc) is 3.49. The summed E-state index contributed by atoms with van der Waals surface area (Å²) >= 11 is 1.37. The second-order valence-corrected chi connectivity index (χ2v) is 8.68. The molecule has 170 valence electrons. The first-order valence-corrected chi connectivity index (χ1v) is 12.1. The third kappa shape index (κ3) is 6.14. The van der Waals surface area contributed by atoms with Gasteiger partial charge in [0, 0.05) is 16.7 Å². The highest BCUT2D eigenvalue weighted by atomic mass is 32.1. The molecule has 0 spiro atoms. The number of aryl methyl sites for hydroxylation is 1. The fraction of sp³-hybridized carbons (Fsp3) is 0.400. The Balaban J connectivity index is 1.76. The predicted octanol–water partition coefficient (Wildman–Crippen LogP) is 6.60. The number of unbranched alkanes of at least 4 members (excludes halogenated alkanes) is 1. The minimum Gasteiger partial charge on any atom is -0.463 e. The van der Waals surface area contributed by atoms with Crippen molar-refractivity contribution in [1.29, 1.82) is 0 Å². The molecule has 1 atom stereocenters. The average molecular weight is 453 g/mol. The first-order chi connectivity index (χ1) is 15.5. The first kappa shape index (κ1) is 23.9. The van der Waals surface area contributed by atoms with Crippen molar-refractivity contribution in [2.45, 2.75) is 52.9 Å². The Kier molecular flexibility index (Phi) is 8.76. The van der Waals surface area contributed by atoms with E-state index in [9.17, 15) is 4.79 Å². The van der Waals surface area contributed by atoms with E-state index in [1.807, 2.05) is 42.6 Å². The summed E-state index contributed by atoms with van der Waals surface area (Å²) in [5, 5.41) is 5.29. The van der Waals surface area contributed by atoms with Crippen molar-refractivity contribution < 1.29 is 9.21 Å². The molecule has 1 aromatic carbocycles. The largest absolute Gasteiger partial charge is 0.463 e. The fourth-order valence-electron chi connectivity index (χ4n) is 3.66. The Bertz CT molecular complexity index is 1040. The molecule has 2 aromatic heterocycles. The van der Waals surface area contributed by atoms with E-state index in [2.05, 4.69) is 24.1 Å². The third-order valence-electron chi connectivity index (χ3n) is 5.57. The summed E-state index contributed by atoms with van der Waals surface area (Å²) in [5.74, 6) is 0.923. The van der Waals surface area contributed by atoms with E-state index in [-0.39, 0.29) is 5.91 Å². The molecule has 3 rings (SSSR count). The number of rotatable bonds is 11. The Hall–Kier alpha value is -2.77.